The Bertz CT molecular complexity index is 1860. The van der Waals surface area contributed by atoms with Crippen LogP contribution in [0, 0.1) is 11.3 Å². The van der Waals surface area contributed by atoms with Crippen LogP contribution in [0.5, 0.6) is 5.88 Å². The van der Waals surface area contributed by atoms with Gasteiger partial charge < -0.3 is 25.0 Å². The molecule has 268 valence electrons. The van der Waals surface area contributed by atoms with E-state index in [0.717, 1.165) is 16.3 Å². The van der Waals surface area contributed by atoms with Gasteiger partial charge in [0.2, 0.25) is 27.7 Å². The first-order chi connectivity index (χ1) is 23.6. The highest BCUT2D eigenvalue weighted by Crippen LogP contribution is 2.46. The fourth-order valence-corrected chi connectivity index (χ4v) is 8.94. The van der Waals surface area contributed by atoms with Crippen LogP contribution in [0.15, 0.2) is 49.2 Å². The molecule has 4 bridgehead atoms. The van der Waals surface area contributed by atoms with E-state index in [1.54, 1.807) is 27.0 Å². The molecular weight excluding hydrogens is 777 g/mol. The number of nitrogens with zero attached hydrogens (tertiary/aromatic N) is 2. The van der Waals surface area contributed by atoms with E-state index in [4.69, 9.17) is 9.47 Å². The van der Waals surface area contributed by atoms with Crippen LogP contribution in [0.3, 0.4) is 0 Å². The van der Waals surface area contributed by atoms with Gasteiger partial charge >= 0.3 is 6.09 Å². The van der Waals surface area contributed by atoms with E-state index in [1.807, 2.05) is 36.4 Å². The second-order valence-electron chi connectivity index (χ2n) is 14.4. The summed E-state index contributed by atoms with van der Waals surface area (Å²) in [4.78, 5) is 61.2. The highest BCUT2D eigenvalue weighted by atomic mass is 127. The van der Waals surface area contributed by atoms with Crippen molar-refractivity contribution in [2.24, 2.45) is 11.3 Å². The number of allylic oxidation sites excluding steroid dienone is 1. The van der Waals surface area contributed by atoms with Crippen molar-refractivity contribution < 1.29 is 37.1 Å². The Kier molecular flexibility index (Phi) is 9.93. The van der Waals surface area contributed by atoms with E-state index >= 15 is 0 Å². The molecule has 4 aliphatic rings. The molecule has 50 heavy (non-hydrogen) atoms. The molecule has 3 N–H and O–H groups in total. The number of carbonyl (C=O) groups is 4. The van der Waals surface area contributed by atoms with Crippen LogP contribution >= 0.6 is 22.6 Å². The number of carbonyl (C=O) groups excluding carboxylic acids is 4. The Morgan fingerprint density at radius 3 is 2.64 bits per heavy atom. The molecule has 0 radical (unpaired) electrons. The van der Waals surface area contributed by atoms with Crippen LogP contribution in [-0.2, 0) is 29.1 Å². The minimum atomic E-state index is -3.89. The summed E-state index contributed by atoms with van der Waals surface area (Å²) in [7, 11) is -3.89. The largest absolute Gasteiger partial charge is 0.471 e. The summed E-state index contributed by atoms with van der Waals surface area (Å²) in [6, 6.07) is 5.53. The second kappa shape index (κ2) is 13.8. The average molecular weight is 820 g/mol. The first-order valence-corrected chi connectivity index (χ1v) is 19.6. The fraction of sp³-hybridized carbons (Fsp3) is 0.514. The molecule has 2 saturated carbocycles. The van der Waals surface area contributed by atoms with Gasteiger partial charge in [0.25, 0.3) is 5.91 Å². The molecule has 0 spiro atoms. The maximum absolute atomic E-state index is 14.6. The Balaban J connectivity index is 1.36. The third-order valence-electron chi connectivity index (χ3n) is 9.62. The molecule has 3 heterocycles. The number of alkyl carbamates (subject to hydrolysis) is 1. The molecule has 2 aliphatic heterocycles. The van der Waals surface area contributed by atoms with Gasteiger partial charge in [0, 0.05) is 23.9 Å². The van der Waals surface area contributed by atoms with E-state index in [-0.39, 0.29) is 19.4 Å². The summed E-state index contributed by atoms with van der Waals surface area (Å²) in [5.74, 6) is -2.21. The van der Waals surface area contributed by atoms with Crippen molar-refractivity contribution in [1.82, 2.24) is 25.2 Å². The summed E-state index contributed by atoms with van der Waals surface area (Å²) < 4.78 is 38.8. The van der Waals surface area contributed by atoms with Crippen molar-refractivity contribution in [3.05, 3.63) is 54.8 Å². The number of halogens is 1. The number of hydrogen-bond acceptors (Lipinski definition) is 9. The van der Waals surface area contributed by atoms with E-state index in [9.17, 15) is 27.6 Å². The summed E-state index contributed by atoms with van der Waals surface area (Å²) in [5.41, 5.74) is -1.43. The second-order valence-corrected chi connectivity index (χ2v) is 17.7. The Morgan fingerprint density at radius 2 is 1.96 bits per heavy atom. The number of fused-ring (bicyclic) bond motifs is 3. The predicted octanol–water partition coefficient (Wildman–Crippen LogP) is 3.96. The molecule has 4 amide bonds. The highest BCUT2D eigenvalue weighted by molar-refractivity contribution is 14.1. The fourth-order valence-electron chi connectivity index (χ4n) is 6.47. The lowest BCUT2D eigenvalue weighted by Crippen LogP contribution is -2.61. The van der Waals surface area contributed by atoms with Gasteiger partial charge in [0.1, 0.15) is 27.8 Å². The number of hydrogen-bond donors (Lipinski definition) is 3. The molecule has 15 heteroatoms. The molecule has 1 aromatic carbocycles. The Morgan fingerprint density at radius 1 is 1.20 bits per heavy atom. The number of cyclic esters (lactones) is 1. The number of pyridine rings is 1. The number of aromatic nitrogens is 1. The van der Waals surface area contributed by atoms with E-state index in [0.29, 0.717) is 31.6 Å². The predicted molar refractivity (Wildman–Crippen MR) is 194 cm³/mol. The van der Waals surface area contributed by atoms with Gasteiger partial charge in [-0.3, -0.25) is 19.1 Å². The average Bonchev–Trinajstić information content (AvgIpc) is 3.98. The molecule has 1 saturated heterocycles. The van der Waals surface area contributed by atoms with Crippen LogP contribution in [0.4, 0.5) is 4.79 Å². The number of alkyl halides is 1. The van der Waals surface area contributed by atoms with Crippen molar-refractivity contribution in [3.63, 3.8) is 0 Å². The van der Waals surface area contributed by atoms with Gasteiger partial charge in [-0.25, -0.2) is 18.2 Å². The number of rotatable bonds is 6. The van der Waals surface area contributed by atoms with E-state index in [1.165, 1.54) is 11.0 Å². The van der Waals surface area contributed by atoms with Crippen molar-refractivity contribution in [3.8, 4) is 5.88 Å². The zero-order valence-electron chi connectivity index (χ0n) is 28.2. The lowest BCUT2D eigenvalue weighted by Gasteiger charge is -2.36. The van der Waals surface area contributed by atoms with Gasteiger partial charge in [0.15, 0.2) is 0 Å². The third-order valence-corrected chi connectivity index (χ3v) is 12.8. The summed E-state index contributed by atoms with van der Waals surface area (Å²) in [5, 5.41) is 6.55. The third kappa shape index (κ3) is 7.34. The number of sulfonamides is 1. The molecule has 1 aromatic heterocycles. The quantitative estimate of drug-likeness (QED) is 0.169. The normalized spacial score (nSPS) is 29.5. The standard InChI is InChI=1S/C35H42IN5O8S/c1-5-22-19-35(22,32(44)40-50(46,47)23-12-13-23)39-29(42)25-18-26-28(36)41(25)31(43)27(34(2,3)4)38-33(45)48-16-8-6-7-9-20-10-11-21-14-15-37-30(49-26)24(21)17-20/h5,7,9-11,14-15,17,22-23,25-28H,1,6,8,12-13,16,18-19H2,2-4H3,(H,38,45)(H,39,42)(H,40,44)/b9-7+/t22-,25+,26-,27-,28?,35-/m1/s1. The number of benzene rings is 1. The molecule has 2 aromatic rings. The SMILES string of the molecule is C=C[C@@H]1C[C@]1(NC(=O)[C@@H]1C[C@H]2Oc3nccc4ccc(cc34)/C=C/CCCOC(=O)N[C@@H](C(C)(C)C)C(=O)N1C2I)C(=O)NS(=O)(=O)C1CC1. The minimum absolute atomic E-state index is 0.0287. The molecule has 3 fully saturated rings. The van der Waals surface area contributed by atoms with Gasteiger partial charge in [-0.1, -0.05) is 73.7 Å². The summed E-state index contributed by atoms with van der Waals surface area (Å²) in [6.45, 7) is 9.30. The van der Waals surface area contributed by atoms with E-state index in [2.05, 4.69) is 49.5 Å². The smallest absolute Gasteiger partial charge is 0.407 e. The monoisotopic (exact) mass is 819 g/mol. The van der Waals surface area contributed by atoms with Crippen molar-refractivity contribution in [1.29, 1.82) is 0 Å². The molecule has 13 nitrogen and oxygen atoms in total. The zero-order valence-corrected chi connectivity index (χ0v) is 31.2. The van der Waals surface area contributed by atoms with Gasteiger partial charge in [0.05, 0.1) is 11.9 Å². The van der Waals surface area contributed by atoms with Crippen molar-refractivity contribution in [2.45, 2.75) is 92.3 Å². The highest BCUT2D eigenvalue weighted by Gasteiger charge is 2.62. The van der Waals surface area contributed by atoms with Gasteiger partial charge in [-0.15, -0.1) is 6.58 Å². The minimum Gasteiger partial charge on any atom is -0.471 e. The molecular formula is C35H42IN5O8S. The van der Waals surface area contributed by atoms with Crippen LogP contribution in [0.25, 0.3) is 16.8 Å². The summed E-state index contributed by atoms with van der Waals surface area (Å²) >= 11 is 2.06. The zero-order chi connectivity index (χ0) is 36.0. The van der Waals surface area contributed by atoms with Gasteiger partial charge in [-0.2, -0.15) is 0 Å². The topological polar surface area (TPSA) is 173 Å². The Labute approximate surface area is 305 Å². The van der Waals surface area contributed by atoms with Crippen molar-refractivity contribution in [2.75, 3.05) is 6.61 Å². The number of amides is 4. The molecule has 6 atom stereocenters. The lowest BCUT2D eigenvalue weighted by atomic mass is 9.85. The van der Waals surface area contributed by atoms with Gasteiger partial charge in [-0.05, 0) is 60.6 Å². The number of ether oxygens (including phenoxy) is 2. The van der Waals surface area contributed by atoms with Crippen LogP contribution in [-0.4, -0.2) is 81.7 Å². The molecule has 2 aliphatic carbocycles. The van der Waals surface area contributed by atoms with Crippen LogP contribution in [0.1, 0.15) is 64.9 Å². The molecule has 1 unspecified atom stereocenters. The Hall–Kier alpha value is -3.73. The first-order valence-electron chi connectivity index (χ1n) is 16.8. The molecule has 6 rings (SSSR count). The van der Waals surface area contributed by atoms with Crippen LogP contribution in [0.2, 0.25) is 0 Å². The lowest BCUT2D eigenvalue weighted by molar-refractivity contribution is -0.143. The van der Waals surface area contributed by atoms with Crippen molar-refractivity contribution >= 4 is 73.3 Å². The van der Waals surface area contributed by atoms with Crippen LogP contribution < -0.4 is 20.1 Å². The summed E-state index contributed by atoms with van der Waals surface area (Å²) in [6.07, 6.45) is 7.95. The maximum Gasteiger partial charge on any atom is 0.407 e. The van der Waals surface area contributed by atoms with E-state index < -0.39 is 78.2 Å². The number of nitrogens with one attached hydrogen (secondary N) is 3. The maximum atomic E-state index is 14.6. The first kappa shape index (κ1) is 36.1.